The number of anilines is 18. The SMILES string of the molecule is Brc1ccc(Nc2nc(Nc3ccc(Br)cc3)nc(Nc3ccc(Br)cc3)n2)cc1.O=[N+]([O-])c1ccc(Nc2nc(Nc3ccc([N+](=O)[O-])cc3)nc(Nc3ccc([N+](=O)[O-])cc3)n2)cc1.c1ccc2cc(Nc3nc(Nc4ccc5ccccc5c4)nc(Nc4ccc5ccccc5c4)n3)ccc2c1. The van der Waals surface area contributed by atoms with Crippen LogP contribution in [0.25, 0.3) is 32.3 Å². The van der Waals surface area contributed by atoms with Crippen molar-refractivity contribution in [2.75, 3.05) is 47.9 Å². The number of fused-ring (bicyclic) bond motifs is 3. The molecule has 0 amide bonds. The number of halogens is 3. The fourth-order valence-electron chi connectivity index (χ4n) is 10.2. The van der Waals surface area contributed by atoms with E-state index < -0.39 is 14.8 Å². The molecule has 15 aromatic rings. The maximum Gasteiger partial charge on any atom is 0.269 e. The Bertz CT molecular complexity index is 5050. The zero-order chi connectivity index (χ0) is 72.6. The van der Waals surface area contributed by atoms with Crippen LogP contribution in [0.1, 0.15) is 0 Å². The lowest BCUT2D eigenvalue weighted by Gasteiger charge is -2.13. The molecule has 0 saturated heterocycles. The second-order valence-corrected chi connectivity index (χ2v) is 25.4. The van der Waals surface area contributed by atoms with Gasteiger partial charge in [-0.1, -0.05) is 139 Å². The third-order valence-corrected chi connectivity index (χ3v) is 16.8. The van der Waals surface area contributed by atoms with Crippen molar-refractivity contribution >= 4 is 202 Å². The van der Waals surface area contributed by atoms with Crippen molar-refractivity contribution in [3.63, 3.8) is 0 Å². The van der Waals surface area contributed by atoms with E-state index >= 15 is 0 Å². The van der Waals surface area contributed by atoms with Gasteiger partial charge in [-0.3, -0.25) is 30.3 Å². The van der Waals surface area contributed by atoms with Crippen LogP contribution in [0.3, 0.4) is 0 Å². The van der Waals surface area contributed by atoms with Gasteiger partial charge in [0.2, 0.25) is 53.5 Å². The van der Waals surface area contributed by atoms with E-state index in [-0.39, 0.29) is 34.9 Å². The van der Waals surface area contributed by atoms with Crippen molar-refractivity contribution in [1.82, 2.24) is 44.9 Å². The van der Waals surface area contributed by atoms with E-state index in [0.29, 0.717) is 52.8 Å². The molecule has 0 aliphatic rings. The zero-order valence-electron chi connectivity index (χ0n) is 54.4. The highest BCUT2D eigenvalue weighted by atomic mass is 79.9. The Morgan fingerprint density at radius 1 is 0.210 bits per heavy atom. The molecule has 0 fully saturated rings. The fourth-order valence-corrected chi connectivity index (χ4v) is 11.0. The molecular formula is C75H54Br3N21O6. The van der Waals surface area contributed by atoms with Crippen molar-refractivity contribution in [3.8, 4) is 0 Å². The van der Waals surface area contributed by atoms with Crippen molar-refractivity contribution < 1.29 is 14.8 Å². The Balaban J connectivity index is 0.000000141. The van der Waals surface area contributed by atoms with E-state index in [1.165, 1.54) is 89.0 Å². The first kappa shape index (κ1) is 69.8. The van der Waals surface area contributed by atoms with Crippen molar-refractivity contribution in [3.05, 3.63) is 317 Å². The van der Waals surface area contributed by atoms with Crippen LogP contribution in [-0.2, 0) is 0 Å². The summed E-state index contributed by atoms with van der Waals surface area (Å²) < 4.78 is 3.00. The lowest BCUT2D eigenvalue weighted by molar-refractivity contribution is -0.385. The first-order valence-electron chi connectivity index (χ1n) is 31.7. The largest absolute Gasteiger partial charge is 0.324 e. The summed E-state index contributed by atoms with van der Waals surface area (Å²) in [5.41, 5.74) is 6.44. The Morgan fingerprint density at radius 3 is 0.562 bits per heavy atom. The normalized spacial score (nSPS) is 10.7. The molecule has 105 heavy (non-hydrogen) atoms. The third-order valence-electron chi connectivity index (χ3n) is 15.2. The zero-order valence-corrected chi connectivity index (χ0v) is 59.2. The van der Waals surface area contributed by atoms with E-state index in [1.54, 1.807) is 0 Å². The fraction of sp³-hybridized carbons (Fsp3) is 0. The van der Waals surface area contributed by atoms with Crippen molar-refractivity contribution in [2.45, 2.75) is 0 Å². The molecule has 3 heterocycles. The van der Waals surface area contributed by atoms with Crippen LogP contribution in [0, 0.1) is 30.3 Å². The van der Waals surface area contributed by atoms with Crippen LogP contribution in [0.4, 0.5) is 122 Å². The van der Waals surface area contributed by atoms with E-state index in [0.717, 1.165) is 63.7 Å². The first-order chi connectivity index (χ1) is 51.0. The Morgan fingerprint density at radius 2 is 0.371 bits per heavy atom. The minimum atomic E-state index is -0.523. The summed E-state index contributed by atoms with van der Waals surface area (Å²) >= 11 is 10.3. The van der Waals surface area contributed by atoms with E-state index in [9.17, 15) is 30.3 Å². The van der Waals surface area contributed by atoms with Gasteiger partial charge in [-0.15, -0.1) is 0 Å². The van der Waals surface area contributed by atoms with E-state index in [1.807, 2.05) is 127 Å². The standard InChI is InChI=1S/C33H24N6.C21H15Br3N6.C21H15N9O6/c1-4-10-25-19-28(16-13-22(25)7-1)34-31-37-32(35-29-17-14-23-8-2-5-11-26(23)20-29)39-33(38-31)36-30-18-15-24-9-3-6-12-27(24)21-30;22-13-1-7-16(8-2-13)25-19-28-20(26-17-9-3-14(23)4-10-17)30-21(29-19)27-18-11-5-15(24)6-12-18;31-28(32)16-7-1-13(2-8-16)22-19-25-20(23-14-3-9-17(10-4-14)29(33)34)27-21(26-19)24-15-5-11-18(12-6-15)30(35)36/h1-21H,(H3,34,35,36,37,38,39);1-12H,(H3,25,26,27,28,29,30);1-12H,(H3,22,23,24,25,26,27). The number of nitrogens with one attached hydrogen (secondary N) is 9. The lowest BCUT2D eigenvalue weighted by atomic mass is 10.1. The first-order valence-corrected chi connectivity index (χ1v) is 34.1. The molecule has 0 aliphatic carbocycles. The molecular weight excluding hydrogens is 1530 g/mol. The number of nitro groups is 3. The molecule has 9 N–H and O–H groups in total. The summed E-state index contributed by atoms with van der Waals surface area (Å²) in [6.45, 7) is 0. The number of hydrogen-bond donors (Lipinski definition) is 9. The summed E-state index contributed by atoms with van der Waals surface area (Å²) in [7, 11) is 0. The summed E-state index contributed by atoms with van der Waals surface area (Å²) in [6.07, 6.45) is 0. The molecule has 30 heteroatoms. The monoisotopic (exact) mass is 1580 g/mol. The Kier molecular flexibility index (Phi) is 21.7. The van der Waals surface area contributed by atoms with Gasteiger partial charge in [0.25, 0.3) is 17.1 Å². The highest BCUT2D eigenvalue weighted by molar-refractivity contribution is 9.11. The van der Waals surface area contributed by atoms with Gasteiger partial charge >= 0.3 is 0 Å². The smallest absolute Gasteiger partial charge is 0.269 e. The minimum absolute atomic E-state index is 0.0766. The number of rotatable bonds is 21. The Hall–Kier alpha value is -13.7. The maximum atomic E-state index is 10.9. The molecule has 0 unspecified atom stereocenters. The number of nitrogens with zero attached hydrogens (tertiary/aromatic N) is 12. The summed E-state index contributed by atoms with van der Waals surface area (Å²) in [6, 6.07) is 83.5. The second kappa shape index (κ2) is 32.7. The number of hydrogen-bond acceptors (Lipinski definition) is 24. The average molecular weight is 1590 g/mol. The quantitative estimate of drug-likeness (QED) is 0.0238. The van der Waals surface area contributed by atoms with Crippen molar-refractivity contribution in [2.24, 2.45) is 0 Å². The summed E-state index contributed by atoms with van der Waals surface area (Å²) in [4.78, 5) is 71.5. The highest BCUT2D eigenvalue weighted by Crippen LogP contribution is 2.31. The molecule has 0 saturated carbocycles. The van der Waals surface area contributed by atoms with Crippen LogP contribution >= 0.6 is 47.8 Å². The van der Waals surface area contributed by atoms with Gasteiger partial charge in [-0.2, -0.15) is 44.9 Å². The van der Waals surface area contributed by atoms with Gasteiger partial charge in [0, 0.05) is 101 Å². The molecule has 27 nitrogen and oxygen atoms in total. The third kappa shape index (κ3) is 19.4. The highest BCUT2D eigenvalue weighted by Gasteiger charge is 2.16. The second-order valence-electron chi connectivity index (χ2n) is 22.7. The number of benzene rings is 12. The maximum absolute atomic E-state index is 10.9. The van der Waals surface area contributed by atoms with E-state index in [2.05, 4.69) is 198 Å². The van der Waals surface area contributed by atoms with Crippen LogP contribution in [-0.4, -0.2) is 59.6 Å². The lowest BCUT2D eigenvalue weighted by Crippen LogP contribution is -2.07. The van der Waals surface area contributed by atoms with Crippen molar-refractivity contribution in [1.29, 1.82) is 0 Å². The van der Waals surface area contributed by atoms with Crippen LogP contribution in [0.15, 0.2) is 286 Å². The van der Waals surface area contributed by atoms with Gasteiger partial charge in [-0.25, -0.2) is 0 Å². The topological polar surface area (TPSA) is 354 Å². The summed E-state index contributed by atoms with van der Waals surface area (Å²) in [5.74, 6) is 2.81. The van der Waals surface area contributed by atoms with Crippen LogP contribution in [0.2, 0.25) is 0 Å². The molecule has 0 atom stereocenters. The Labute approximate surface area is 622 Å². The van der Waals surface area contributed by atoms with Crippen LogP contribution in [0.5, 0.6) is 0 Å². The minimum Gasteiger partial charge on any atom is -0.324 e. The van der Waals surface area contributed by atoms with Gasteiger partial charge in [0.1, 0.15) is 0 Å². The number of nitro benzene ring substituents is 3. The molecule has 15 rings (SSSR count). The summed E-state index contributed by atoms with van der Waals surface area (Å²) in [5, 5.41) is 68.2. The number of aromatic nitrogens is 9. The molecule has 3 aromatic heterocycles. The van der Waals surface area contributed by atoms with Gasteiger partial charge in [0.15, 0.2) is 0 Å². The van der Waals surface area contributed by atoms with Gasteiger partial charge < -0.3 is 47.9 Å². The average Bonchev–Trinajstić information content (AvgIpc) is 0.491. The molecule has 516 valence electrons. The predicted molar refractivity (Wildman–Crippen MR) is 423 cm³/mol. The predicted octanol–water partition coefficient (Wildman–Crippen LogP) is 20.8. The molecule has 0 spiro atoms. The molecule has 12 aromatic carbocycles. The van der Waals surface area contributed by atoms with Gasteiger partial charge in [-0.05, 0) is 178 Å². The number of non-ortho nitro benzene ring substituents is 3. The molecule has 0 bridgehead atoms. The van der Waals surface area contributed by atoms with Gasteiger partial charge in [0.05, 0.1) is 14.8 Å². The van der Waals surface area contributed by atoms with Crippen LogP contribution < -0.4 is 47.9 Å². The molecule has 0 radical (unpaired) electrons. The molecule has 0 aliphatic heterocycles. The van der Waals surface area contributed by atoms with E-state index in [4.69, 9.17) is 15.0 Å².